The van der Waals surface area contributed by atoms with E-state index in [-0.39, 0.29) is 57.6 Å². The summed E-state index contributed by atoms with van der Waals surface area (Å²) in [6.07, 6.45) is 2.45. The van der Waals surface area contributed by atoms with E-state index in [4.69, 9.17) is 16.9 Å². The van der Waals surface area contributed by atoms with Gasteiger partial charge in [-0.3, -0.25) is 18.7 Å². The summed E-state index contributed by atoms with van der Waals surface area (Å²) < 4.78 is 43.6. The van der Waals surface area contributed by atoms with Crippen molar-refractivity contribution in [2.45, 2.75) is 31.6 Å². The number of carbonyl (C=O) groups is 2. The standard InChI is InChI=1S/C29H26ClF3N10O2/c30-20-10-17(3-4-18(20)26(44)40-13-28(14-40)15-41(16-28)27(45)21-2-1-6-35-21)38-24-25-37-11-22(43(25)9-7-36-24)19-12-42(8-5-34)39-23(19)29(31,32)33/h3-4,7,9-12,21,35H,1-2,6,8,13-16H2,(H,36,38). The van der Waals surface area contributed by atoms with Crippen molar-refractivity contribution >= 4 is 40.6 Å². The molecule has 0 aliphatic carbocycles. The van der Waals surface area contributed by atoms with Crippen molar-refractivity contribution in [1.82, 2.24) is 39.3 Å². The number of alkyl halides is 3. The van der Waals surface area contributed by atoms with E-state index < -0.39 is 11.9 Å². The molecule has 3 aliphatic heterocycles. The molecule has 3 aliphatic rings. The van der Waals surface area contributed by atoms with Crippen molar-refractivity contribution in [3.05, 3.63) is 59.3 Å². The molecule has 4 aromatic rings. The monoisotopic (exact) mass is 638 g/mol. The van der Waals surface area contributed by atoms with Crippen LogP contribution in [0.1, 0.15) is 28.9 Å². The molecule has 0 saturated carbocycles. The molecular weight excluding hydrogens is 613 g/mol. The number of aromatic nitrogens is 5. The number of hydrogen-bond acceptors (Lipinski definition) is 8. The highest BCUT2D eigenvalue weighted by Gasteiger charge is 2.55. The molecule has 3 aromatic heterocycles. The third kappa shape index (κ3) is 5.13. The fourth-order valence-electron chi connectivity index (χ4n) is 6.39. The Morgan fingerprint density at radius 1 is 1.18 bits per heavy atom. The third-order valence-corrected chi connectivity index (χ3v) is 8.80. The summed E-state index contributed by atoms with van der Waals surface area (Å²) in [5.41, 5.74) is -0.222. The molecule has 16 heteroatoms. The van der Waals surface area contributed by atoms with Crippen LogP contribution in [0.15, 0.2) is 43.0 Å². The first kappa shape index (κ1) is 29.1. The maximum atomic E-state index is 13.8. The van der Waals surface area contributed by atoms with Crippen molar-refractivity contribution in [3.8, 4) is 17.3 Å². The molecule has 12 nitrogen and oxygen atoms in total. The highest BCUT2D eigenvalue weighted by atomic mass is 35.5. The number of fused-ring (bicyclic) bond motifs is 1. The first-order chi connectivity index (χ1) is 21.5. The molecule has 0 radical (unpaired) electrons. The summed E-state index contributed by atoms with van der Waals surface area (Å²) >= 11 is 6.54. The minimum absolute atomic E-state index is 0.0550. The second-order valence-corrected chi connectivity index (χ2v) is 12.1. The van der Waals surface area contributed by atoms with Crippen molar-refractivity contribution in [2.24, 2.45) is 5.41 Å². The summed E-state index contributed by atoms with van der Waals surface area (Å²) in [6.45, 7) is 2.95. The van der Waals surface area contributed by atoms with E-state index in [1.807, 2.05) is 4.90 Å². The van der Waals surface area contributed by atoms with Gasteiger partial charge in [0.1, 0.15) is 6.54 Å². The quantitative estimate of drug-likeness (QED) is 0.327. The van der Waals surface area contributed by atoms with Gasteiger partial charge in [0.25, 0.3) is 5.91 Å². The van der Waals surface area contributed by atoms with Gasteiger partial charge in [-0.05, 0) is 37.6 Å². The predicted octanol–water partition coefficient (Wildman–Crippen LogP) is 3.57. The Hall–Kier alpha value is -4.68. The fraction of sp³-hybridized carbons (Fsp3) is 0.379. The zero-order valence-electron chi connectivity index (χ0n) is 23.7. The molecule has 1 atom stereocenters. The van der Waals surface area contributed by atoms with Crippen molar-refractivity contribution in [2.75, 3.05) is 38.0 Å². The minimum Gasteiger partial charge on any atom is -0.340 e. The van der Waals surface area contributed by atoms with E-state index >= 15 is 0 Å². The number of likely N-dealkylation sites (tertiary alicyclic amines) is 2. The molecule has 6 heterocycles. The number of nitrogens with one attached hydrogen (secondary N) is 2. The lowest BCUT2D eigenvalue weighted by Crippen LogP contribution is -2.74. The van der Waals surface area contributed by atoms with Crippen LogP contribution in [0.3, 0.4) is 0 Å². The van der Waals surface area contributed by atoms with Crippen LogP contribution in [0.2, 0.25) is 5.02 Å². The van der Waals surface area contributed by atoms with Crippen LogP contribution in [0, 0.1) is 16.7 Å². The van der Waals surface area contributed by atoms with Gasteiger partial charge in [-0.25, -0.2) is 9.97 Å². The number of anilines is 2. The SMILES string of the molecule is N#CCn1cc(-c2cnc3c(Nc4ccc(C(=O)N5CC6(C5)CN(C(=O)C5CCCN5)C6)c(Cl)c4)nccn23)c(C(F)(F)F)n1. The molecule has 0 bridgehead atoms. The van der Waals surface area contributed by atoms with E-state index in [2.05, 4.69) is 25.7 Å². The summed E-state index contributed by atoms with van der Waals surface area (Å²) in [4.78, 5) is 38.0. The van der Waals surface area contributed by atoms with E-state index in [0.717, 1.165) is 30.3 Å². The second kappa shape index (κ2) is 10.7. The number of carbonyl (C=O) groups excluding carboxylic acids is 2. The zero-order valence-corrected chi connectivity index (χ0v) is 24.4. The van der Waals surface area contributed by atoms with Crippen LogP contribution >= 0.6 is 11.6 Å². The second-order valence-electron chi connectivity index (χ2n) is 11.7. The topological polar surface area (TPSA) is 136 Å². The molecule has 3 fully saturated rings. The Morgan fingerprint density at radius 3 is 2.64 bits per heavy atom. The highest BCUT2D eigenvalue weighted by Crippen LogP contribution is 2.41. The number of amides is 2. The number of imidazole rings is 1. The van der Waals surface area contributed by atoms with Crippen LogP contribution in [-0.4, -0.2) is 84.5 Å². The van der Waals surface area contributed by atoms with E-state index in [9.17, 15) is 22.8 Å². The van der Waals surface area contributed by atoms with Gasteiger partial charge in [0, 0.05) is 55.9 Å². The Labute approximate surface area is 259 Å². The van der Waals surface area contributed by atoms with Gasteiger partial charge < -0.3 is 20.4 Å². The first-order valence-electron chi connectivity index (χ1n) is 14.3. The lowest BCUT2D eigenvalue weighted by Gasteiger charge is -2.60. The molecule has 45 heavy (non-hydrogen) atoms. The Kier molecular flexibility index (Phi) is 6.93. The summed E-state index contributed by atoms with van der Waals surface area (Å²) in [7, 11) is 0. The number of nitrogens with zero attached hydrogens (tertiary/aromatic N) is 8. The lowest BCUT2D eigenvalue weighted by atomic mass is 9.72. The molecule has 1 unspecified atom stereocenters. The maximum absolute atomic E-state index is 13.8. The van der Waals surface area contributed by atoms with E-state index in [0.29, 0.717) is 37.4 Å². The predicted molar refractivity (Wildman–Crippen MR) is 155 cm³/mol. The maximum Gasteiger partial charge on any atom is 0.435 e. The van der Waals surface area contributed by atoms with Gasteiger partial charge in [0.2, 0.25) is 5.91 Å². The van der Waals surface area contributed by atoms with Crippen molar-refractivity contribution < 1.29 is 22.8 Å². The molecule has 232 valence electrons. The number of rotatable bonds is 6. The largest absolute Gasteiger partial charge is 0.435 e. The van der Waals surface area contributed by atoms with Gasteiger partial charge in [0.15, 0.2) is 17.2 Å². The number of benzene rings is 1. The van der Waals surface area contributed by atoms with Crippen LogP contribution in [0.5, 0.6) is 0 Å². The lowest BCUT2D eigenvalue weighted by molar-refractivity contribution is -0.156. The van der Waals surface area contributed by atoms with Gasteiger partial charge in [0.05, 0.1) is 40.2 Å². The first-order valence-corrected chi connectivity index (χ1v) is 14.7. The molecule has 7 rings (SSSR count). The molecule has 3 saturated heterocycles. The van der Waals surface area contributed by atoms with Gasteiger partial charge in [-0.2, -0.15) is 23.5 Å². The number of hydrogen-bond donors (Lipinski definition) is 2. The van der Waals surface area contributed by atoms with Crippen molar-refractivity contribution in [1.29, 1.82) is 5.26 Å². The molecule has 2 N–H and O–H groups in total. The summed E-state index contributed by atoms with van der Waals surface area (Å²) in [5.74, 6) is 0.192. The van der Waals surface area contributed by atoms with Gasteiger partial charge >= 0.3 is 6.18 Å². The summed E-state index contributed by atoms with van der Waals surface area (Å²) in [5, 5.41) is 19.0. The third-order valence-electron chi connectivity index (χ3n) is 8.49. The average Bonchev–Trinajstić information content (AvgIpc) is 3.71. The Morgan fingerprint density at radius 2 is 1.96 bits per heavy atom. The normalized spacial score (nSPS) is 19.0. The van der Waals surface area contributed by atoms with Crippen molar-refractivity contribution in [3.63, 3.8) is 0 Å². The molecule has 2 amide bonds. The average molecular weight is 639 g/mol. The fourth-order valence-corrected chi connectivity index (χ4v) is 6.66. The van der Waals surface area contributed by atoms with Crippen LogP contribution in [0.25, 0.3) is 16.9 Å². The molecule has 1 spiro atoms. The van der Waals surface area contributed by atoms with Crippen LogP contribution in [0.4, 0.5) is 24.7 Å². The van der Waals surface area contributed by atoms with Crippen LogP contribution in [-0.2, 0) is 17.5 Å². The zero-order chi connectivity index (χ0) is 31.5. The van der Waals surface area contributed by atoms with Crippen LogP contribution < -0.4 is 10.6 Å². The van der Waals surface area contributed by atoms with E-state index in [1.165, 1.54) is 23.0 Å². The smallest absolute Gasteiger partial charge is 0.340 e. The van der Waals surface area contributed by atoms with Gasteiger partial charge in [-0.1, -0.05) is 11.6 Å². The van der Waals surface area contributed by atoms with E-state index in [1.54, 1.807) is 29.2 Å². The Balaban J connectivity index is 1.04. The number of nitriles is 1. The van der Waals surface area contributed by atoms with Gasteiger partial charge in [-0.15, -0.1) is 0 Å². The number of halogens is 4. The Bertz CT molecular complexity index is 1860. The minimum atomic E-state index is -4.75. The molecular formula is C29H26ClF3N10O2. The summed E-state index contributed by atoms with van der Waals surface area (Å²) in [6, 6.07) is 6.54. The molecule has 1 aromatic carbocycles. The highest BCUT2D eigenvalue weighted by molar-refractivity contribution is 6.34.